The van der Waals surface area contributed by atoms with Gasteiger partial charge >= 0.3 is 0 Å². The van der Waals surface area contributed by atoms with Crippen LogP contribution in [-0.2, 0) is 0 Å². The molecule has 5 heteroatoms. The van der Waals surface area contributed by atoms with Crippen LogP contribution in [0.2, 0.25) is 5.02 Å². The molecule has 2 N–H and O–H groups in total. The van der Waals surface area contributed by atoms with Gasteiger partial charge in [0.2, 0.25) is 0 Å². The van der Waals surface area contributed by atoms with Crippen molar-refractivity contribution in [3.05, 3.63) is 34.9 Å². The molecule has 0 aromatic heterocycles. The fourth-order valence-electron chi connectivity index (χ4n) is 1.09. The van der Waals surface area contributed by atoms with Gasteiger partial charge in [0, 0.05) is 11.6 Å². The third kappa shape index (κ3) is 4.16. The van der Waals surface area contributed by atoms with Gasteiger partial charge in [-0.3, -0.25) is 5.43 Å². The predicted molar refractivity (Wildman–Crippen MR) is 73.1 cm³/mol. The van der Waals surface area contributed by atoms with Crippen LogP contribution in [0.5, 0.6) is 0 Å². The molecule has 0 saturated heterocycles. The molecular weight excluding hydrogens is 242 g/mol. The summed E-state index contributed by atoms with van der Waals surface area (Å²) in [5.41, 5.74) is 4.64. The van der Waals surface area contributed by atoms with E-state index in [2.05, 4.69) is 15.8 Å². The van der Waals surface area contributed by atoms with Gasteiger partial charge in [-0.15, -0.1) is 0 Å². The van der Waals surface area contributed by atoms with Gasteiger partial charge in [0.15, 0.2) is 5.11 Å². The van der Waals surface area contributed by atoms with Crippen LogP contribution in [-0.4, -0.2) is 17.4 Å². The monoisotopic (exact) mass is 255 g/mol. The number of hydrazone groups is 1. The Morgan fingerprint density at radius 1 is 1.38 bits per heavy atom. The average molecular weight is 256 g/mol. The first-order valence-corrected chi connectivity index (χ1v) is 5.76. The zero-order valence-corrected chi connectivity index (χ0v) is 10.8. The summed E-state index contributed by atoms with van der Waals surface area (Å²) < 4.78 is 0. The largest absolute Gasteiger partial charge is 0.362 e. The molecule has 0 atom stereocenters. The van der Waals surface area contributed by atoms with Crippen LogP contribution in [0.1, 0.15) is 19.4 Å². The molecule has 1 aromatic carbocycles. The summed E-state index contributed by atoms with van der Waals surface area (Å²) in [5.74, 6) is 0. The molecule has 1 rings (SSSR count). The maximum Gasteiger partial charge on any atom is 0.186 e. The van der Waals surface area contributed by atoms with Gasteiger partial charge in [0.1, 0.15) is 0 Å². The summed E-state index contributed by atoms with van der Waals surface area (Å²) in [6, 6.07) is 7.50. The Morgan fingerprint density at radius 3 is 2.56 bits per heavy atom. The van der Waals surface area contributed by atoms with Crippen molar-refractivity contribution in [3.8, 4) is 0 Å². The van der Waals surface area contributed by atoms with Gasteiger partial charge in [-0.05, 0) is 43.8 Å². The van der Waals surface area contributed by atoms with Crippen LogP contribution in [0.4, 0.5) is 0 Å². The summed E-state index contributed by atoms with van der Waals surface area (Å²) in [5, 5.41) is 8.36. The molecule has 0 fully saturated rings. The van der Waals surface area contributed by atoms with Gasteiger partial charge in [-0.25, -0.2) is 0 Å². The van der Waals surface area contributed by atoms with Crippen molar-refractivity contribution in [2.45, 2.75) is 13.8 Å². The second-order valence-electron chi connectivity index (χ2n) is 3.18. The number of halogens is 1. The Labute approximate surface area is 106 Å². The maximum atomic E-state index is 5.80. The normalized spacial score (nSPS) is 11.1. The highest BCUT2D eigenvalue weighted by atomic mass is 35.5. The van der Waals surface area contributed by atoms with E-state index in [0.29, 0.717) is 10.1 Å². The van der Waals surface area contributed by atoms with Gasteiger partial charge in [-0.2, -0.15) is 5.10 Å². The first-order chi connectivity index (χ1) is 7.63. The summed E-state index contributed by atoms with van der Waals surface area (Å²) in [6.07, 6.45) is 0. The molecule has 86 valence electrons. The van der Waals surface area contributed by atoms with Crippen molar-refractivity contribution in [3.63, 3.8) is 0 Å². The van der Waals surface area contributed by atoms with Gasteiger partial charge in [-0.1, -0.05) is 23.7 Å². The SMILES string of the molecule is CCNC(=S)NN=C(C)c1ccc(Cl)cc1. The lowest BCUT2D eigenvalue weighted by atomic mass is 10.1. The maximum absolute atomic E-state index is 5.80. The first kappa shape index (κ1) is 12.9. The van der Waals surface area contributed by atoms with Crippen molar-refractivity contribution in [1.29, 1.82) is 0 Å². The Balaban J connectivity index is 2.63. The molecule has 0 heterocycles. The number of thiocarbonyl (C=S) groups is 1. The quantitative estimate of drug-likeness (QED) is 0.495. The number of rotatable bonds is 3. The number of hydrogen-bond acceptors (Lipinski definition) is 2. The van der Waals surface area contributed by atoms with E-state index in [9.17, 15) is 0 Å². The molecule has 0 spiro atoms. The first-order valence-electron chi connectivity index (χ1n) is 4.97. The number of hydrogen-bond donors (Lipinski definition) is 2. The summed E-state index contributed by atoms with van der Waals surface area (Å²) in [6.45, 7) is 4.66. The Kier molecular flexibility index (Phi) is 5.22. The van der Waals surface area contributed by atoms with Crippen molar-refractivity contribution >= 4 is 34.6 Å². The van der Waals surface area contributed by atoms with Crippen molar-refractivity contribution < 1.29 is 0 Å². The zero-order chi connectivity index (χ0) is 12.0. The smallest absolute Gasteiger partial charge is 0.186 e. The third-order valence-corrected chi connectivity index (χ3v) is 2.41. The van der Waals surface area contributed by atoms with Crippen LogP contribution < -0.4 is 10.7 Å². The molecule has 0 saturated carbocycles. The second-order valence-corrected chi connectivity index (χ2v) is 4.02. The average Bonchev–Trinajstić information content (AvgIpc) is 2.27. The van der Waals surface area contributed by atoms with Crippen LogP contribution >= 0.6 is 23.8 Å². The van der Waals surface area contributed by atoms with Crippen LogP contribution in [0.25, 0.3) is 0 Å². The van der Waals surface area contributed by atoms with E-state index in [4.69, 9.17) is 23.8 Å². The number of nitrogens with zero attached hydrogens (tertiary/aromatic N) is 1. The lowest BCUT2D eigenvalue weighted by Crippen LogP contribution is -2.32. The standard InChI is InChI=1S/C11H14ClN3S/c1-3-13-11(16)15-14-8(2)9-4-6-10(12)7-5-9/h4-7H,3H2,1-2H3,(H2,13,15,16). The topological polar surface area (TPSA) is 36.4 Å². The summed E-state index contributed by atoms with van der Waals surface area (Å²) >= 11 is 10.8. The third-order valence-electron chi connectivity index (χ3n) is 1.92. The van der Waals surface area contributed by atoms with E-state index in [1.807, 2.05) is 38.1 Å². The molecule has 0 aliphatic heterocycles. The Bertz CT molecular complexity index is 387. The molecule has 3 nitrogen and oxygen atoms in total. The summed E-state index contributed by atoms with van der Waals surface area (Å²) in [7, 11) is 0. The minimum Gasteiger partial charge on any atom is -0.362 e. The van der Waals surface area contributed by atoms with Crippen molar-refractivity contribution in [2.75, 3.05) is 6.54 Å². The lowest BCUT2D eigenvalue weighted by molar-refractivity contribution is 0.901. The van der Waals surface area contributed by atoms with Crippen LogP contribution in [0, 0.1) is 0 Å². The molecule has 0 bridgehead atoms. The molecule has 1 aromatic rings. The van der Waals surface area contributed by atoms with Crippen molar-refractivity contribution in [2.24, 2.45) is 5.10 Å². The van der Waals surface area contributed by atoms with E-state index < -0.39 is 0 Å². The van der Waals surface area contributed by atoms with Crippen molar-refractivity contribution in [1.82, 2.24) is 10.7 Å². The summed E-state index contributed by atoms with van der Waals surface area (Å²) in [4.78, 5) is 0. The molecule has 0 amide bonds. The predicted octanol–water partition coefficient (Wildman–Crippen LogP) is 2.55. The number of benzene rings is 1. The van der Waals surface area contributed by atoms with E-state index >= 15 is 0 Å². The highest BCUT2D eigenvalue weighted by Gasteiger charge is 1.97. The molecule has 0 radical (unpaired) electrons. The Hall–Kier alpha value is -1.13. The van der Waals surface area contributed by atoms with Crippen LogP contribution in [0.15, 0.2) is 29.4 Å². The highest BCUT2D eigenvalue weighted by Crippen LogP contribution is 2.09. The molecular formula is C11H14ClN3S. The van der Waals surface area contributed by atoms with E-state index in [1.54, 1.807) is 0 Å². The zero-order valence-electron chi connectivity index (χ0n) is 9.25. The highest BCUT2D eigenvalue weighted by molar-refractivity contribution is 7.80. The molecule has 0 aliphatic carbocycles. The number of nitrogens with one attached hydrogen (secondary N) is 2. The van der Waals surface area contributed by atoms with E-state index in [-0.39, 0.29) is 0 Å². The van der Waals surface area contributed by atoms with Gasteiger partial charge < -0.3 is 5.32 Å². The van der Waals surface area contributed by atoms with Gasteiger partial charge in [0.25, 0.3) is 0 Å². The Morgan fingerprint density at radius 2 is 2.00 bits per heavy atom. The van der Waals surface area contributed by atoms with E-state index in [1.165, 1.54) is 0 Å². The molecule has 0 unspecified atom stereocenters. The molecule has 0 aliphatic rings. The van der Waals surface area contributed by atoms with E-state index in [0.717, 1.165) is 17.8 Å². The molecule has 16 heavy (non-hydrogen) atoms. The second kappa shape index (κ2) is 6.45. The van der Waals surface area contributed by atoms with Gasteiger partial charge in [0.05, 0.1) is 5.71 Å². The fourth-order valence-corrected chi connectivity index (χ4v) is 1.41. The minimum atomic E-state index is 0.524. The minimum absolute atomic E-state index is 0.524. The lowest BCUT2D eigenvalue weighted by Gasteiger charge is -2.05. The fraction of sp³-hybridized carbons (Fsp3) is 0.273. The van der Waals surface area contributed by atoms with Crippen LogP contribution in [0.3, 0.4) is 0 Å².